The quantitative estimate of drug-likeness (QED) is 0.495. The Morgan fingerprint density at radius 2 is 1.90 bits per heavy atom. The maximum Gasteiger partial charge on any atom is 0.308 e. The molecule has 5 nitrogen and oxygen atoms in total. The fraction of sp³-hybridized carbons (Fsp3) is 0.792. The summed E-state index contributed by atoms with van der Waals surface area (Å²) in [6.45, 7) is 13.4. The molecule has 1 aliphatic heterocycles. The van der Waals surface area contributed by atoms with Crippen molar-refractivity contribution in [1.82, 2.24) is 0 Å². The summed E-state index contributed by atoms with van der Waals surface area (Å²) in [6, 6.07) is 0. The second-order valence-corrected chi connectivity index (χ2v) is 15.8. The largest absolute Gasteiger partial charge is 0.462 e. The van der Waals surface area contributed by atoms with Crippen LogP contribution in [-0.4, -0.2) is 48.9 Å². The summed E-state index contributed by atoms with van der Waals surface area (Å²) in [6.07, 6.45) is 8.19. The second kappa shape index (κ2) is 8.89. The second-order valence-electron chi connectivity index (χ2n) is 11.1. The van der Waals surface area contributed by atoms with E-state index in [9.17, 15) is 15.0 Å². The molecule has 2 aliphatic carbocycles. The van der Waals surface area contributed by atoms with E-state index < -0.39 is 20.5 Å². The van der Waals surface area contributed by atoms with E-state index in [1.54, 1.807) is 0 Å². The van der Waals surface area contributed by atoms with Gasteiger partial charge in [0.1, 0.15) is 6.10 Å². The lowest BCUT2D eigenvalue weighted by Crippen LogP contribution is -2.47. The molecule has 1 fully saturated rings. The van der Waals surface area contributed by atoms with Gasteiger partial charge in [-0.15, -0.1) is 0 Å². The number of esters is 1. The zero-order chi connectivity index (χ0) is 22.3. The SMILES string of the molecule is C[C@H]1C=CC2=C[C@@H](O[Si](C)(C)C(C)(C)C)C[C@H](O)[C@@H]2[C@H]1CC[C@@H]1C[C@@H](O)CC(=O)O1. The summed E-state index contributed by atoms with van der Waals surface area (Å²) in [7, 11) is -1.91. The van der Waals surface area contributed by atoms with Crippen molar-refractivity contribution in [2.75, 3.05) is 0 Å². The highest BCUT2D eigenvalue weighted by atomic mass is 28.4. The highest BCUT2D eigenvalue weighted by Crippen LogP contribution is 2.45. The average molecular weight is 437 g/mol. The minimum Gasteiger partial charge on any atom is -0.462 e. The summed E-state index contributed by atoms with van der Waals surface area (Å²) >= 11 is 0. The average Bonchev–Trinajstić information content (AvgIpc) is 2.59. The van der Waals surface area contributed by atoms with E-state index in [2.05, 4.69) is 59.0 Å². The van der Waals surface area contributed by atoms with E-state index in [1.165, 1.54) is 5.57 Å². The number of cyclic esters (lactones) is 1. The molecular formula is C24H40O5Si. The Kier molecular flexibility index (Phi) is 7.02. The van der Waals surface area contributed by atoms with Crippen molar-refractivity contribution in [3.05, 3.63) is 23.8 Å². The first kappa shape index (κ1) is 23.7. The van der Waals surface area contributed by atoms with Crippen LogP contribution in [0.15, 0.2) is 23.8 Å². The minimum absolute atomic E-state index is 0.0414. The topological polar surface area (TPSA) is 76.0 Å². The van der Waals surface area contributed by atoms with Crippen molar-refractivity contribution in [2.45, 2.75) is 102 Å². The van der Waals surface area contributed by atoms with Crippen LogP contribution in [0.4, 0.5) is 0 Å². The number of ether oxygens (including phenoxy) is 1. The maximum absolute atomic E-state index is 11.6. The molecule has 0 spiro atoms. The molecular weight excluding hydrogens is 396 g/mol. The molecule has 2 N–H and O–H groups in total. The molecule has 30 heavy (non-hydrogen) atoms. The van der Waals surface area contributed by atoms with Crippen LogP contribution >= 0.6 is 0 Å². The summed E-state index contributed by atoms with van der Waals surface area (Å²) in [5.41, 5.74) is 1.18. The monoisotopic (exact) mass is 436 g/mol. The van der Waals surface area contributed by atoms with Crippen molar-refractivity contribution in [3.8, 4) is 0 Å². The highest BCUT2D eigenvalue weighted by molar-refractivity contribution is 6.74. The molecule has 7 atom stereocenters. The normalized spacial score (nSPS) is 37.4. The number of carbonyl (C=O) groups is 1. The van der Waals surface area contributed by atoms with E-state index in [0.717, 1.165) is 12.8 Å². The molecule has 0 bridgehead atoms. The number of hydrogen-bond donors (Lipinski definition) is 2. The lowest BCUT2D eigenvalue weighted by atomic mass is 9.66. The van der Waals surface area contributed by atoms with Crippen LogP contribution in [0, 0.1) is 17.8 Å². The molecule has 1 heterocycles. The Balaban J connectivity index is 1.70. The van der Waals surface area contributed by atoms with Gasteiger partial charge in [0.2, 0.25) is 0 Å². The first-order valence-electron chi connectivity index (χ1n) is 11.5. The third-order valence-electron chi connectivity index (χ3n) is 7.69. The van der Waals surface area contributed by atoms with Crippen LogP contribution in [0.25, 0.3) is 0 Å². The zero-order valence-corrected chi connectivity index (χ0v) is 20.4. The molecule has 6 heteroatoms. The molecule has 0 unspecified atom stereocenters. The number of fused-ring (bicyclic) bond motifs is 1. The van der Waals surface area contributed by atoms with Crippen molar-refractivity contribution < 1.29 is 24.2 Å². The van der Waals surface area contributed by atoms with Gasteiger partial charge in [-0.1, -0.05) is 45.9 Å². The van der Waals surface area contributed by atoms with Crippen molar-refractivity contribution in [3.63, 3.8) is 0 Å². The minimum atomic E-state index is -1.91. The molecule has 0 aromatic rings. The van der Waals surface area contributed by atoms with Crippen molar-refractivity contribution in [2.24, 2.45) is 17.8 Å². The van der Waals surface area contributed by atoms with Gasteiger partial charge in [-0.2, -0.15) is 0 Å². The number of allylic oxidation sites excluding steroid dienone is 2. The third-order valence-corrected chi connectivity index (χ3v) is 12.2. The highest BCUT2D eigenvalue weighted by Gasteiger charge is 2.44. The molecule has 3 rings (SSSR count). The first-order chi connectivity index (χ1) is 13.9. The first-order valence-corrected chi connectivity index (χ1v) is 14.4. The predicted molar refractivity (Wildman–Crippen MR) is 120 cm³/mol. The van der Waals surface area contributed by atoms with Gasteiger partial charge >= 0.3 is 5.97 Å². The molecule has 0 radical (unpaired) electrons. The Morgan fingerprint density at radius 1 is 1.20 bits per heavy atom. The van der Waals surface area contributed by atoms with Gasteiger partial charge in [0.05, 0.1) is 24.7 Å². The Morgan fingerprint density at radius 3 is 2.53 bits per heavy atom. The van der Waals surface area contributed by atoms with Gasteiger partial charge in [0, 0.05) is 18.8 Å². The number of aliphatic hydroxyl groups is 2. The van der Waals surface area contributed by atoms with Crippen molar-refractivity contribution in [1.29, 1.82) is 0 Å². The fourth-order valence-electron chi connectivity index (χ4n) is 4.93. The lowest BCUT2D eigenvalue weighted by molar-refractivity contribution is -0.160. The van der Waals surface area contributed by atoms with E-state index in [-0.39, 0.29) is 35.6 Å². The van der Waals surface area contributed by atoms with Gasteiger partial charge in [0.25, 0.3) is 0 Å². The number of carbonyl (C=O) groups excluding carboxylic acids is 1. The molecule has 170 valence electrons. The van der Waals surface area contributed by atoms with Gasteiger partial charge in [-0.05, 0) is 48.4 Å². The Bertz CT molecular complexity index is 692. The number of hydrogen-bond acceptors (Lipinski definition) is 5. The molecule has 0 amide bonds. The maximum atomic E-state index is 11.6. The van der Waals surface area contributed by atoms with Gasteiger partial charge in [-0.25, -0.2) is 0 Å². The molecule has 0 aromatic heterocycles. The molecule has 1 saturated heterocycles. The zero-order valence-electron chi connectivity index (χ0n) is 19.4. The van der Waals surface area contributed by atoms with E-state index in [0.29, 0.717) is 24.7 Å². The summed E-state index contributed by atoms with van der Waals surface area (Å²) in [5, 5.41) is 21.1. The van der Waals surface area contributed by atoms with Crippen LogP contribution in [0.1, 0.15) is 59.8 Å². The van der Waals surface area contributed by atoms with E-state index >= 15 is 0 Å². The van der Waals surface area contributed by atoms with Crippen LogP contribution in [0.2, 0.25) is 18.1 Å². The summed E-state index contributed by atoms with van der Waals surface area (Å²) < 4.78 is 12.0. The van der Waals surface area contributed by atoms with Gasteiger partial charge in [-0.3, -0.25) is 4.79 Å². The van der Waals surface area contributed by atoms with Gasteiger partial charge in [0.15, 0.2) is 8.32 Å². The Labute approximate surface area is 182 Å². The van der Waals surface area contributed by atoms with Gasteiger partial charge < -0.3 is 19.4 Å². The molecule has 3 aliphatic rings. The standard InChI is InChI=1S/C24H40O5Si/c1-15-7-8-16-11-19(29-30(5,6)24(2,3)4)14-21(26)23(16)20(15)10-9-18-12-17(25)13-22(27)28-18/h7-8,11,15,17-21,23,25-26H,9-10,12-14H2,1-6H3/t15-,17+,18+,19+,20-,21-,23-/m0/s1. The smallest absolute Gasteiger partial charge is 0.308 e. The number of aliphatic hydroxyl groups excluding tert-OH is 2. The molecule has 0 saturated carbocycles. The third kappa shape index (κ3) is 5.26. The predicted octanol–water partition coefficient (Wildman–Crippen LogP) is 4.35. The van der Waals surface area contributed by atoms with Crippen LogP contribution < -0.4 is 0 Å². The van der Waals surface area contributed by atoms with Crippen LogP contribution in [0.5, 0.6) is 0 Å². The Hall–Kier alpha value is -0.953. The van der Waals surface area contributed by atoms with Crippen LogP contribution in [-0.2, 0) is 14.0 Å². The summed E-state index contributed by atoms with van der Waals surface area (Å²) in [5.74, 6) is 0.430. The summed E-state index contributed by atoms with van der Waals surface area (Å²) in [4.78, 5) is 11.6. The molecule has 0 aromatic carbocycles. The van der Waals surface area contributed by atoms with E-state index in [4.69, 9.17) is 9.16 Å². The fourth-order valence-corrected chi connectivity index (χ4v) is 6.20. The lowest BCUT2D eigenvalue weighted by Gasteiger charge is -2.45. The van der Waals surface area contributed by atoms with Crippen LogP contribution in [0.3, 0.4) is 0 Å². The number of rotatable bonds is 5. The van der Waals surface area contributed by atoms with E-state index in [1.807, 2.05) is 0 Å². The van der Waals surface area contributed by atoms with Crippen molar-refractivity contribution >= 4 is 14.3 Å².